The highest BCUT2D eigenvalue weighted by Gasteiger charge is 2.27. The van der Waals surface area contributed by atoms with Gasteiger partial charge in [0.15, 0.2) is 5.82 Å². The summed E-state index contributed by atoms with van der Waals surface area (Å²) in [5.74, 6) is 0.688. The zero-order valence-corrected chi connectivity index (χ0v) is 16.1. The minimum absolute atomic E-state index is 0.506. The van der Waals surface area contributed by atoms with Gasteiger partial charge in [-0.1, -0.05) is 48.6 Å². The minimum Gasteiger partial charge on any atom is -0.287 e. The molecule has 1 aromatic heterocycles. The lowest BCUT2D eigenvalue weighted by atomic mass is 10.00. The summed E-state index contributed by atoms with van der Waals surface area (Å²) in [6.07, 6.45) is 14.6. The van der Waals surface area contributed by atoms with Crippen molar-refractivity contribution < 1.29 is 0 Å². The number of hydrazine groups is 1. The molecular weight excluding hydrogens is 346 g/mol. The number of allylic oxidation sites excluding steroid dienone is 4. The Balaban J connectivity index is 1.62. The number of rotatable bonds is 7. The average Bonchev–Trinajstić information content (AvgIpc) is 3.60. The Morgan fingerprint density at radius 3 is 2.68 bits per heavy atom. The van der Waals surface area contributed by atoms with E-state index in [0.717, 1.165) is 35.2 Å². The van der Waals surface area contributed by atoms with Gasteiger partial charge in [-0.05, 0) is 54.5 Å². The number of nitrogens with one attached hydrogen (secondary N) is 1. The number of hydrogen-bond acceptors (Lipinski definition) is 3. The first kappa shape index (κ1) is 18.2. The molecular formula is C23H25N5. The van der Waals surface area contributed by atoms with E-state index in [9.17, 15) is 0 Å². The van der Waals surface area contributed by atoms with Crippen molar-refractivity contribution in [3.63, 3.8) is 0 Å². The van der Waals surface area contributed by atoms with Gasteiger partial charge in [0.2, 0.25) is 0 Å². The summed E-state index contributed by atoms with van der Waals surface area (Å²) in [4.78, 5) is 13.5. The van der Waals surface area contributed by atoms with Gasteiger partial charge in [-0.15, -0.1) is 0 Å². The molecule has 142 valence electrons. The van der Waals surface area contributed by atoms with Gasteiger partial charge < -0.3 is 0 Å². The summed E-state index contributed by atoms with van der Waals surface area (Å²) in [5, 5.41) is 2.00. The first-order chi connectivity index (χ1) is 13.8. The van der Waals surface area contributed by atoms with Crippen LogP contribution < -0.4 is 5.43 Å². The molecule has 0 radical (unpaired) electrons. The number of pyridine rings is 1. The molecule has 0 atom stereocenters. The summed E-state index contributed by atoms with van der Waals surface area (Å²) >= 11 is 0. The van der Waals surface area contributed by atoms with Crippen LogP contribution in [0.3, 0.4) is 0 Å². The van der Waals surface area contributed by atoms with Crippen molar-refractivity contribution in [3.8, 4) is 11.1 Å². The molecule has 0 saturated heterocycles. The lowest BCUT2D eigenvalue weighted by Crippen LogP contribution is -2.37. The Hall–Kier alpha value is -3.21. The second-order valence-electron chi connectivity index (χ2n) is 7.00. The smallest absolute Gasteiger partial charge is 0.154 e. The lowest BCUT2D eigenvalue weighted by molar-refractivity contribution is 0.382. The molecule has 2 aliphatic carbocycles. The highest BCUT2D eigenvalue weighted by atomic mass is 15.5. The molecule has 1 fully saturated rings. The van der Waals surface area contributed by atoms with E-state index in [2.05, 4.69) is 64.0 Å². The van der Waals surface area contributed by atoms with Crippen LogP contribution in [0.25, 0.3) is 16.7 Å². The first-order valence-corrected chi connectivity index (χ1v) is 9.77. The van der Waals surface area contributed by atoms with Gasteiger partial charge in [-0.2, -0.15) is 0 Å². The van der Waals surface area contributed by atoms with Gasteiger partial charge in [-0.25, -0.2) is 9.98 Å². The van der Waals surface area contributed by atoms with E-state index in [1.807, 2.05) is 17.1 Å². The van der Waals surface area contributed by atoms with Gasteiger partial charge in [0, 0.05) is 7.05 Å². The zero-order chi connectivity index (χ0) is 19.2. The third kappa shape index (κ3) is 4.55. The number of aliphatic imine (C=N–C) groups is 2. The van der Waals surface area contributed by atoms with Crippen molar-refractivity contribution in [1.82, 2.24) is 15.4 Å². The molecule has 1 saturated carbocycles. The maximum Gasteiger partial charge on any atom is 0.154 e. The second kappa shape index (κ2) is 8.65. The van der Waals surface area contributed by atoms with Gasteiger partial charge in [-0.3, -0.25) is 15.4 Å². The fraction of sp³-hybridized carbons (Fsp3) is 0.261. The maximum absolute atomic E-state index is 4.78. The molecule has 0 aliphatic heterocycles. The number of benzene rings is 1. The minimum atomic E-state index is 0.506. The Bertz CT molecular complexity index is 923. The average molecular weight is 371 g/mol. The quantitative estimate of drug-likeness (QED) is 0.433. The van der Waals surface area contributed by atoms with Gasteiger partial charge in [0.25, 0.3) is 0 Å². The normalized spacial score (nSPS) is 16.5. The molecule has 5 nitrogen and oxygen atoms in total. The van der Waals surface area contributed by atoms with E-state index in [0.29, 0.717) is 11.9 Å². The SMILES string of the molecule is CN=CN(NC=Nc1cc(-c2ccccc2)cc(C2=CCCC=C2)n1)C1CC1. The molecule has 1 aromatic carbocycles. The summed E-state index contributed by atoms with van der Waals surface area (Å²) in [5.41, 5.74) is 7.61. The molecule has 4 rings (SSSR count). The van der Waals surface area contributed by atoms with Gasteiger partial charge >= 0.3 is 0 Å². The van der Waals surface area contributed by atoms with Crippen LogP contribution in [0.2, 0.25) is 0 Å². The van der Waals surface area contributed by atoms with Crippen molar-refractivity contribution in [2.24, 2.45) is 9.98 Å². The van der Waals surface area contributed by atoms with Crippen LogP contribution in [0, 0.1) is 0 Å². The number of aromatic nitrogens is 1. The van der Waals surface area contributed by atoms with Crippen molar-refractivity contribution in [3.05, 3.63) is 66.4 Å². The lowest BCUT2D eigenvalue weighted by Gasteiger charge is -2.17. The molecule has 1 N–H and O–H groups in total. The summed E-state index contributed by atoms with van der Waals surface area (Å²) < 4.78 is 0. The van der Waals surface area contributed by atoms with E-state index in [1.54, 1.807) is 19.7 Å². The van der Waals surface area contributed by atoms with Crippen LogP contribution in [0.5, 0.6) is 0 Å². The molecule has 0 bridgehead atoms. The van der Waals surface area contributed by atoms with Crippen LogP contribution in [-0.4, -0.2) is 35.8 Å². The molecule has 0 amide bonds. The van der Waals surface area contributed by atoms with E-state index in [1.165, 1.54) is 12.8 Å². The summed E-state index contributed by atoms with van der Waals surface area (Å²) in [6, 6.07) is 15.0. The topological polar surface area (TPSA) is 52.9 Å². The third-order valence-electron chi connectivity index (χ3n) is 4.79. The fourth-order valence-electron chi connectivity index (χ4n) is 3.20. The van der Waals surface area contributed by atoms with E-state index >= 15 is 0 Å². The molecule has 0 spiro atoms. The molecule has 5 heteroatoms. The maximum atomic E-state index is 4.78. The molecule has 28 heavy (non-hydrogen) atoms. The largest absolute Gasteiger partial charge is 0.287 e. The molecule has 0 unspecified atom stereocenters. The second-order valence-corrected chi connectivity index (χ2v) is 7.00. The van der Waals surface area contributed by atoms with Crippen molar-refractivity contribution >= 4 is 24.1 Å². The first-order valence-electron chi connectivity index (χ1n) is 9.77. The monoisotopic (exact) mass is 371 g/mol. The van der Waals surface area contributed by atoms with Crippen molar-refractivity contribution in [2.45, 2.75) is 31.7 Å². The third-order valence-corrected chi connectivity index (χ3v) is 4.79. The van der Waals surface area contributed by atoms with E-state index in [4.69, 9.17) is 4.98 Å². The highest BCUT2D eigenvalue weighted by molar-refractivity contribution is 5.78. The fourth-order valence-corrected chi connectivity index (χ4v) is 3.20. The van der Waals surface area contributed by atoms with Crippen molar-refractivity contribution in [1.29, 1.82) is 0 Å². The Labute approximate surface area is 166 Å². The predicted molar refractivity (Wildman–Crippen MR) is 117 cm³/mol. The van der Waals surface area contributed by atoms with Gasteiger partial charge in [0.1, 0.15) is 12.7 Å². The summed E-state index contributed by atoms with van der Waals surface area (Å²) in [7, 11) is 1.77. The number of hydrogen-bond donors (Lipinski definition) is 1. The van der Waals surface area contributed by atoms with Crippen LogP contribution in [0.1, 0.15) is 31.4 Å². The van der Waals surface area contributed by atoms with Crippen LogP contribution in [0.4, 0.5) is 5.82 Å². The molecule has 1 heterocycles. The Kier molecular flexibility index (Phi) is 5.61. The predicted octanol–water partition coefficient (Wildman–Crippen LogP) is 4.77. The van der Waals surface area contributed by atoms with E-state index < -0.39 is 0 Å². The van der Waals surface area contributed by atoms with Crippen LogP contribution in [-0.2, 0) is 0 Å². The van der Waals surface area contributed by atoms with Gasteiger partial charge in [0.05, 0.1) is 11.7 Å². The molecule has 2 aliphatic rings. The Morgan fingerprint density at radius 2 is 1.96 bits per heavy atom. The summed E-state index contributed by atoms with van der Waals surface area (Å²) in [6.45, 7) is 0. The van der Waals surface area contributed by atoms with E-state index in [-0.39, 0.29) is 0 Å². The van der Waals surface area contributed by atoms with Crippen LogP contribution in [0.15, 0.2) is 70.7 Å². The Morgan fingerprint density at radius 1 is 1.11 bits per heavy atom. The zero-order valence-electron chi connectivity index (χ0n) is 16.1. The van der Waals surface area contributed by atoms with Crippen LogP contribution >= 0.6 is 0 Å². The number of nitrogens with zero attached hydrogens (tertiary/aromatic N) is 4. The van der Waals surface area contributed by atoms with Crippen molar-refractivity contribution in [2.75, 3.05) is 7.05 Å². The standard InChI is InChI=1S/C23H25N5/c1-24-17-28(21-12-13-21)26-16-25-23-15-20(18-8-4-2-5-9-18)14-22(27-23)19-10-6-3-7-11-19/h2,4-6,8-11,14-17,21H,3,7,12-13H2,1H3,(H,25,26,27). The highest BCUT2D eigenvalue weighted by Crippen LogP contribution is 2.29. The molecule has 2 aromatic rings.